The molecule has 2 aromatic carbocycles. The van der Waals surface area contributed by atoms with Crippen LogP contribution in [-0.2, 0) is 18.0 Å². The van der Waals surface area contributed by atoms with Crippen LogP contribution in [0.5, 0.6) is 5.75 Å². The van der Waals surface area contributed by atoms with Crippen molar-refractivity contribution >= 4 is 11.4 Å². The largest absolute Gasteiger partial charge is 0.497 e. The first-order valence-electron chi connectivity index (χ1n) is 6.33. The number of hydrogen-bond acceptors (Lipinski definition) is 5. The van der Waals surface area contributed by atoms with E-state index < -0.39 is 4.92 Å². The zero-order valence-corrected chi connectivity index (χ0v) is 11.6. The molecule has 0 unspecified atom stereocenters. The Morgan fingerprint density at radius 3 is 2.29 bits per heavy atom. The summed E-state index contributed by atoms with van der Waals surface area (Å²) >= 11 is 0. The van der Waals surface area contributed by atoms with Crippen LogP contribution < -0.4 is 10.5 Å². The first-order chi connectivity index (χ1) is 10.1. The highest BCUT2D eigenvalue weighted by molar-refractivity contribution is 5.59. The molecule has 0 saturated heterocycles. The smallest absolute Gasteiger partial charge is 0.292 e. The van der Waals surface area contributed by atoms with Gasteiger partial charge in [-0.2, -0.15) is 0 Å². The van der Waals surface area contributed by atoms with E-state index in [1.165, 1.54) is 6.07 Å². The van der Waals surface area contributed by atoms with Gasteiger partial charge in [0.1, 0.15) is 11.4 Å². The van der Waals surface area contributed by atoms with Crippen molar-refractivity contribution in [1.82, 2.24) is 0 Å². The van der Waals surface area contributed by atoms with Gasteiger partial charge < -0.3 is 15.2 Å². The van der Waals surface area contributed by atoms with Gasteiger partial charge >= 0.3 is 0 Å². The van der Waals surface area contributed by atoms with Crippen molar-refractivity contribution in [3.63, 3.8) is 0 Å². The van der Waals surface area contributed by atoms with Crippen molar-refractivity contribution in [1.29, 1.82) is 0 Å². The highest BCUT2D eigenvalue weighted by Crippen LogP contribution is 2.22. The minimum Gasteiger partial charge on any atom is -0.497 e. The van der Waals surface area contributed by atoms with Gasteiger partial charge in [0.2, 0.25) is 0 Å². The molecule has 2 rings (SSSR count). The number of nitro groups is 1. The topological polar surface area (TPSA) is 87.6 Å². The lowest BCUT2D eigenvalue weighted by molar-refractivity contribution is -0.383. The third kappa shape index (κ3) is 3.93. The van der Waals surface area contributed by atoms with E-state index in [9.17, 15) is 10.1 Å². The number of anilines is 1. The van der Waals surface area contributed by atoms with Crippen molar-refractivity contribution in [2.75, 3.05) is 12.8 Å². The van der Waals surface area contributed by atoms with Gasteiger partial charge in [-0.3, -0.25) is 10.1 Å². The number of nitrogens with two attached hydrogens (primary N) is 1. The molecule has 0 amide bonds. The van der Waals surface area contributed by atoms with Crippen molar-refractivity contribution in [2.24, 2.45) is 0 Å². The fourth-order valence-corrected chi connectivity index (χ4v) is 1.87. The van der Waals surface area contributed by atoms with Gasteiger partial charge in [-0.15, -0.1) is 0 Å². The van der Waals surface area contributed by atoms with Gasteiger partial charge in [0, 0.05) is 6.07 Å². The fraction of sp³-hybridized carbons (Fsp3) is 0.200. The van der Waals surface area contributed by atoms with E-state index in [4.69, 9.17) is 15.2 Å². The molecule has 0 heterocycles. The molecular formula is C15H16N2O4. The lowest BCUT2D eigenvalue weighted by Gasteiger charge is -2.06. The summed E-state index contributed by atoms with van der Waals surface area (Å²) in [6, 6.07) is 12.2. The van der Waals surface area contributed by atoms with Crippen molar-refractivity contribution in [3.05, 3.63) is 63.7 Å². The number of benzene rings is 2. The molecule has 21 heavy (non-hydrogen) atoms. The zero-order valence-electron chi connectivity index (χ0n) is 11.6. The second-order valence-electron chi connectivity index (χ2n) is 4.49. The number of methoxy groups -OCH3 is 1. The molecular weight excluding hydrogens is 272 g/mol. The van der Waals surface area contributed by atoms with Crippen LogP contribution >= 0.6 is 0 Å². The number of nitro benzene ring substituents is 1. The van der Waals surface area contributed by atoms with Gasteiger partial charge in [0.15, 0.2) is 0 Å². The van der Waals surface area contributed by atoms with Crippen LogP contribution in [0.1, 0.15) is 11.1 Å². The van der Waals surface area contributed by atoms with E-state index in [2.05, 4.69) is 0 Å². The zero-order chi connectivity index (χ0) is 15.2. The molecule has 2 aromatic rings. The van der Waals surface area contributed by atoms with E-state index in [-0.39, 0.29) is 11.4 Å². The molecule has 0 aromatic heterocycles. The Kier molecular flexibility index (Phi) is 4.73. The molecule has 0 aliphatic carbocycles. The standard InChI is InChI=1S/C15H16N2O4/c1-20-13-5-2-11(3-6-13)9-21-10-12-4-7-15(17(18)19)14(16)8-12/h2-8H,9-10,16H2,1H3. The Labute approximate surface area is 122 Å². The van der Waals surface area contributed by atoms with Crippen LogP contribution in [0.3, 0.4) is 0 Å². The van der Waals surface area contributed by atoms with Crippen LogP contribution in [0.4, 0.5) is 11.4 Å². The van der Waals surface area contributed by atoms with E-state index in [0.717, 1.165) is 16.9 Å². The SMILES string of the molecule is COc1ccc(COCc2ccc([N+](=O)[O-])c(N)c2)cc1. The quantitative estimate of drug-likeness (QED) is 0.501. The van der Waals surface area contributed by atoms with Crippen LogP contribution in [-0.4, -0.2) is 12.0 Å². The highest BCUT2D eigenvalue weighted by atomic mass is 16.6. The molecule has 0 atom stereocenters. The van der Waals surface area contributed by atoms with Gasteiger partial charge in [0.05, 0.1) is 25.2 Å². The summed E-state index contributed by atoms with van der Waals surface area (Å²) in [4.78, 5) is 10.2. The lowest BCUT2D eigenvalue weighted by Crippen LogP contribution is -1.99. The predicted molar refractivity (Wildman–Crippen MR) is 79.0 cm³/mol. The minimum atomic E-state index is -0.503. The molecule has 0 saturated carbocycles. The predicted octanol–water partition coefficient (Wildman–Crippen LogP) is 2.90. The number of nitrogens with zero attached hydrogens (tertiary/aromatic N) is 1. The Bertz CT molecular complexity index is 626. The highest BCUT2D eigenvalue weighted by Gasteiger charge is 2.10. The maximum Gasteiger partial charge on any atom is 0.292 e. The lowest BCUT2D eigenvalue weighted by atomic mass is 10.2. The molecule has 0 spiro atoms. The minimum absolute atomic E-state index is 0.0890. The van der Waals surface area contributed by atoms with Gasteiger partial charge in [-0.25, -0.2) is 0 Å². The average Bonchev–Trinajstić information content (AvgIpc) is 2.47. The maximum absolute atomic E-state index is 10.7. The summed E-state index contributed by atoms with van der Waals surface area (Å²) in [7, 11) is 1.62. The molecule has 6 nitrogen and oxygen atoms in total. The van der Waals surface area contributed by atoms with Gasteiger partial charge in [-0.1, -0.05) is 12.1 Å². The van der Waals surface area contributed by atoms with Crippen LogP contribution in [0, 0.1) is 10.1 Å². The summed E-state index contributed by atoms with van der Waals surface area (Å²) in [5, 5.41) is 10.7. The first kappa shape index (κ1) is 14.8. The molecule has 0 aliphatic heterocycles. The van der Waals surface area contributed by atoms with Gasteiger partial charge in [-0.05, 0) is 35.4 Å². The summed E-state index contributed by atoms with van der Waals surface area (Å²) < 4.78 is 10.6. The fourth-order valence-electron chi connectivity index (χ4n) is 1.87. The first-order valence-corrected chi connectivity index (χ1v) is 6.33. The van der Waals surface area contributed by atoms with Crippen LogP contribution in [0.15, 0.2) is 42.5 Å². The maximum atomic E-state index is 10.7. The second-order valence-corrected chi connectivity index (χ2v) is 4.49. The van der Waals surface area contributed by atoms with E-state index >= 15 is 0 Å². The van der Waals surface area contributed by atoms with E-state index in [0.29, 0.717) is 13.2 Å². The number of ether oxygens (including phenoxy) is 2. The molecule has 0 aliphatic rings. The number of rotatable bonds is 6. The third-order valence-corrected chi connectivity index (χ3v) is 2.99. The monoisotopic (exact) mass is 288 g/mol. The Morgan fingerprint density at radius 2 is 1.71 bits per heavy atom. The summed E-state index contributed by atoms with van der Waals surface area (Å²) in [6.45, 7) is 0.787. The molecule has 6 heteroatoms. The molecule has 0 radical (unpaired) electrons. The molecule has 0 bridgehead atoms. The average molecular weight is 288 g/mol. The number of nitrogen functional groups attached to an aromatic ring is 1. The third-order valence-electron chi connectivity index (χ3n) is 2.99. The normalized spacial score (nSPS) is 10.3. The van der Waals surface area contributed by atoms with Crippen molar-refractivity contribution < 1.29 is 14.4 Å². The summed E-state index contributed by atoms with van der Waals surface area (Å²) in [5.41, 5.74) is 7.50. The molecule has 0 fully saturated rings. The van der Waals surface area contributed by atoms with E-state index in [1.54, 1.807) is 19.2 Å². The number of hydrogen-bond donors (Lipinski definition) is 1. The summed E-state index contributed by atoms with van der Waals surface area (Å²) in [5.74, 6) is 0.793. The van der Waals surface area contributed by atoms with Crippen LogP contribution in [0.25, 0.3) is 0 Å². The Morgan fingerprint density at radius 1 is 1.10 bits per heavy atom. The Hall–Kier alpha value is -2.60. The second kappa shape index (κ2) is 6.71. The van der Waals surface area contributed by atoms with Crippen LogP contribution in [0.2, 0.25) is 0 Å². The molecule has 2 N–H and O–H groups in total. The Balaban J connectivity index is 1.91. The van der Waals surface area contributed by atoms with Crippen molar-refractivity contribution in [3.8, 4) is 5.75 Å². The summed E-state index contributed by atoms with van der Waals surface area (Å²) in [6.07, 6.45) is 0. The van der Waals surface area contributed by atoms with Gasteiger partial charge in [0.25, 0.3) is 5.69 Å². The van der Waals surface area contributed by atoms with E-state index in [1.807, 2.05) is 24.3 Å². The molecule has 110 valence electrons. The van der Waals surface area contributed by atoms with Crippen molar-refractivity contribution in [2.45, 2.75) is 13.2 Å².